The van der Waals surface area contributed by atoms with E-state index in [1.54, 1.807) is 12.1 Å². The number of hydrogen-bond acceptors (Lipinski definition) is 1. The first kappa shape index (κ1) is 13.3. The fourth-order valence-electron chi connectivity index (χ4n) is 3.11. The van der Waals surface area contributed by atoms with Crippen LogP contribution < -0.4 is 5.73 Å². The summed E-state index contributed by atoms with van der Waals surface area (Å²) >= 11 is 0. The number of hydrogen-bond donors (Lipinski definition) is 1. The Bertz CT molecular complexity index is 633. The Morgan fingerprint density at radius 2 is 1.75 bits per heavy atom. The molecule has 104 valence electrons. The van der Waals surface area contributed by atoms with Gasteiger partial charge in [0.25, 0.3) is 0 Å². The molecule has 1 nitrogen and oxygen atoms in total. The lowest BCUT2D eigenvalue weighted by Crippen LogP contribution is -2.14. The highest BCUT2D eigenvalue weighted by Crippen LogP contribution is 2.28. The van der Waals surface area contributed by atoms with E-state index in [-0.39, 0.29) is 11.9 Å². The average molecular weight is 269 g/mol. The molecule has 0 saturated carbocycles. The first-order valence-corrected chi connectivity index (χ1v) is 7.28. The second-order valence-corrected chi connectivity index (χ2v) is 5.71. The van der Waals surface area contributed by atoms with Gasteiger partial charge in [0.1, 0.15) is 5.82 Å². The minimum absolute atomic E-state index is 0.178. The zero-order valence-corrected chi connectivity index (χ0v) is 11.8. The highest BCUT2D eigenvalue weighted by Gasteiger charge is 2.15. The predicted molar refractivity (Wildman–Crippen MR) is 80.3 cm³/mol. The Balaban J connectivity index is 1.95. The van der Waals surface area contributed by atoms with Crippen molar-refractivity contribution >= 4 is 0 Å². The molecule has 1 unspecified atom stereocenters. The summed E-state index contributed by atoms with van der Waals surface area (Å²) in [5.74, 6) is -0.205. The van der Waals surface area contributed by atoms with E-state index in [0.29, 0.717) is 0 Å². The van der Waals surface area contributed by atoms with Crippen molar-refractivity contribution in [2.75, 3.05) is 0 Å². The molecule has 0 spiro atoms. The molecule has 1 aliphatic rings. The zero-order chi connectivity index (χ0) is 14.1. The summed E-state index contributed by atoms with van der Waals surface area (Å²) < 4.78 is 13.2. The second-order valence-electron chi connectivity index (χ2n) is 5.71. The van der Waals surface area contributed by atoms with Gasteiger partial charge in [0, 0.05) is 0 Å². The van der Waals surface area contributed by atoms with Crippen molar-refractivity contribution < 1.29 is 4.39 Å². The van der Waals surface area contributed by atoms with Crippen LogP contribution in [0.1, 0.15) is 46.7 Å². The van der Waals surface area contributed by atoms with E-state index in [9.17, 15) is 4.39 Å². The number of fused-ring (bicyclic) bond motifs is 1. The standard InChI is InChI=1S/C18H20FN/c1-12-10-16(19)8-9-17(12)18(20)15-7-6-13-4-2-3-5-14(13)11-15/h6-11,18H,2-5,20H2,1H3. The monoisotopic (exact) mass is 269 g/mol. The normalized spacial score (nSPS) is 15.8. The van der Waals surface area contributed by atoms with Crippen LogP contribution in [-0.4, -0.2) is 0 Å². The maximum absolute atomic E-state index is 13.2. The predicted octanol–water partition coefficient (Wildman–Crippen LogP) is 4.06. The van der Waals surface area contributed by atoms with Crippen LogP contribution in [0.5, 0.6) is 0 Å². The van der Waals surface area contributed by atoms with Gasteiger partial charge in [0.2, 0.25) is 0 Å². The van der Waals surface area contributed by atoms with Gasteiger partial charge in [-0.2, -0.15) is 0 Å². The van der Waals surface area contributed by atoms with E-state index in [1.165, 1.54) is 36.5 Å². The third-order valence-corrected chi connectivity index (χ3v) is 4.30. The van der Waals surface area contributed by atoms with Crippen LogP contribution in [0.4, 0.5) is 4.39 Å². The molecular weight excluding hydrogens is 249 g/mol. The maximum Gasteiger partial charge on any atom is 0.123 e. The lowest BCUT2D eigenvalue weighted by Gasteiger charge is -2.20. The topological polar surface area (TPSA) is 26.0 Å². The first-order valence-electron chi connectivity index (χ1n) is 7.28. The molecule has 0 bridgehead atoms. The molecule has 2 heteroatoms. The van der Waals surface area contributed by atoms with Gasteiger partial charge in [0.05, 0.1) is 6.04 Å². The molecule has 0 heterocycles. The van der Waals surface area contributed by atoms with Gasteiger partial charge < -0.3 is 5.73 Å². The summed E-state index contributed by atoms with van der Waals surface area (Å²) in [4.78, 5) is 0. The number of benzene rings is 2. The van der Waals surface area contributed by atoms with Crippen molar-refractivity contribution in [3.05, 3.63) is 70.0 Å². The smallest absolute Gasteiger partial charge is 0.123 e. The summed E-state index contributed by atoms with van der Waals surface area (Å²) in [5.41, 5.74) is 12.3. The SMILES string of the molecule is Cc1cc(F)ccc1C(N)c1ccc2c(c1)CCCC2. The van der Waals surface area contributed by atoms with Crippen molar-refractivity contribution in [2.45, 2.75) is 38.6 Å². The van der Waals surface area contributed by atoms with Crippen LogP contribution in [0.2, 0.25) is 0 Å². The van der Waals surface area contributed by atoms with Crippen molar-refractivity contribution in [3.8, 4) is 0 Å². The molecule has 3 rings (SSSR count). The molecule has 0 fully saturated rings. The molecule has 0 radical (unpaired) electrons. The number of aryl methyl sites for hydroxylation is 3. The number of nitrogens with two attached hydrogens (primary N) is 1. The molecule has 2 N–H and O–H groups in total. The van der Waals surface area contributed by atoms with Gasteiger partial charge in [0.15, 0.2) is 0 Å². The summed E-state index contributed by atoms with van der Waals surface area (Å²) in [6.45, 7) is 1.91. The van der Waals surface area contributed by atoms with Gasteiger partial charge in [-0.3, -0.25) is 0 Å². The lowest BCUT2D eigenvalue weighted by atomic mass is 9.87. The van der Waals surface area contributed by atoms with Crippen molar-refractivity contribution in [3.63, 3.8) is 0 Å². The summed E-state index contributed by atoms with van der Waals surface area (Å²) in [6, 6.07) is 11.2. The first-order chi connectivity index (χ1) is 9.65. The minimum atomic E-state index is -0.205. The Hall–Kier alpha value is -1.67. The van der Waals surface area contributed by atoms with E-state index in [0.717, 1.165) is 23.1 Å². The summed E-state index contributed by atoms with van der Waals surface area (Å²) in [5, 5.41) is 0. The van der Waals surface area contributed by atoms with E-state index < -0.39 is 0 Å². The second kappa shape index (κ2) is 5.37. The van der Waals surface area contributed by atoms with E-state index in [1.807, 2.05) is 6.92 Å². The molecule has 0 amide bonds. The van der Waals surface area contributed by atoms with Crippen LogP contribution in [0.15, 0.2) is 36.4 Å². The average Bonchev–Trinajstić information content (AvgIpc) is 2.46. The molecular formula is C18H20FN. The Morgan fingerprint density at radius 1 is 1.00 bits per heavy atom. The summed E-state index contributed by atoms with van der Waals surface area (Å²) in [6.07, 6.45) is 4.88. The van der Waals surface area contributed by atoms with E-state index in [2.05, 4.69) is 18.2 Å². The Labute approximate surface area is 119 Å². The van der Waals surface area contributed by atoms with Gasteiger partial charge in [-0.1, -0.05) is 24.3 Å². The fraction of sp³-hybridized carbons (Fsp3) is 0.333. The molecule has 0 aromatic heterocycles. The molecule has 0 saturated heterocycles. The fourth-order valence-corrected chi connectivity index (χ4v) is 3.11. The van der Waals surface area contributed by atoms with E-state index in [4.69, 9.17) is 5.73 Å². The van der Waals surface area contributed by atoms with Crippen LogP contribution in [0.25, 0.3) is 0 Å². The van der Waals surface area contributed by atoms with E-state index >= 15 is 0 Å². The van der Waals surface area contributed by atoms with Crippen molar-refractivity contribution in [1.29, 1.82) is 0 Å². The van der Waals surface area contributed by atoms with Crippen LogP contribution in [0.3, 0.4) is 0 Å². The maximum atomic E-state index is 13.2. The van der Waals surface area contributed by atoms with Gasteiger partial charge in [-0.05, 0) is 72.6 Å². The third kappa shape index (κ3) is 2.48. The zero-order valence-electron chi connectivity index (χ0n) is 11.8. The summed E-state index contributed by atoms with van der Waals surface area (Å²) in [7, 11) is 0. The van der Waals surface area contributed by atoms with Crippen molar-refractivity contribution in [2.24, 2.45) is 5.73 Å². The third-order valence-electron chi connectivity index (χ3n) is 4.30. The van der Waals surface area contributed by atoms with Crippen molar-refractivity contribution in [1.82, 2.24) is 0 Å². The number of rotatable bonds is 2. The Kier molecular flexibility index (Phi) is 3.58. The van der Waals surface area contributed by atoms with Gasteiger partial charge >= 0.3 is 0 Å². The molecule has 2 aromatic carbocycles. The molecule has 0 aliphatic heterocycles. The minimum Gasteiger partial charge on any atom is -0.320 e. The Morgan fingerprint density at radius 3 is 2.50 bits per heavy atom. The highest BCUT2D eigenvalue weighted by molar-refractivity contribution is 5.41. The quantitative estimate of drug-likeness (QED) is 0.874. The molecule has 1 atom stereocenters. The molecule has 1 aliphatic carbocycles. The number of halogens is 1. The van der Waals surface area contributed by atoms with Gasteiger partial charge in [-0.15, -0.1) is 0 Å². The van der Waals surface area contributed by atoms with Crippen LogP contribution in [-0.2, 0) is 12.8 Å². The van der Waals surface area contributed by atoms with Crippen LogP contribution in [0, 0.1) is 12.7 Å². The highest BCUT2D eigenvalue weighted by atomic mass is 19.1. The van der Waals surface area contributed by atoms with Crippen LogP contribution >= 0.6 is 0 Å². The molecule has 20 heavy (non-hydrogen) atoms. The largest absolute Gasteiger partial charge is 0.320 e. The van der Waals surface area contributed by atoms with Gasteiger partial charge in [-0.25, -0.2) is 4.39 Å². The molecule has 2 aromatic rings. The lowest BCUT2D eigenvalue weighted by molar-refractivity contribution is 0.624.